The number of pyridine rings is 7. The van der Waals surface area contributed by atoms with Crippen molar-refractivity contribution in [1.82, 2.24) is 139 Å². The number of H-pyrrole nitrogens is 1. The maximum atomic E-state index is 11.3. The van der Waals surface area contributed by atoms with Crippen LogP contribution in [0.4, 0.5) is 17.5 Å². The third kappa shape index (κ3) is 43.9. The predicted molar refractivity (Wildman–Crippen MR) is 518 cm³/mol. The van der Waals surface area contributed by atoms with Crippen molar-refractivity contribution in [2.24, 2.45) is 0 Å². The first-order chi connectivity index (χ1) is 70.0. The van der Waals surface area contributed by atoms with Gasteiger partial charge in [0.15, 0.2) is 29.2 Å². The Hall–Kier alpha value is -11.7. The summed E-state index contributed by atoms with van der Waals surface area (Å²) in [5.74, 6) is -2.68. The van der Waals surface area contributed by atoms with Crippen LogP contribution in [-0.2, 0) is 133 Å². The van der Waals surface area contributed by atoms with Gasteiger partial charge in [0.25, 0.3) is 41.4 Å². The number of aryl methyl sites for hydroxylation is 11. The minimum absolute atomic E-state index is 0. The van der Waals surface area contributed by atoms with E-state index in [0.29, 0.717) is 95.7 Å². The number of esters is 6. The number of nitrogens with two attached hydrogens (primary N) is 1. The molecule has 14 aromatic heterocycles. The number of carbonyl (C=O) groups excluding carboxylic acids is 9. The number of aromatic carboxylic acids is 1. The fraction of sp³-hybridized carbons (Fsp3) is 0.389. The van der Waals surface area contributed by atoms with Crippen LogP contribution in [0.2, 0.25) is 0 Å². The SMILES string of the molecule is CC1(CCBr)OCCO1.COC(=O)c1ncn(CCC(C)=O)n1.COC(=O)c1ncn(CCC2(C)OCCO2)n1.COC(=O)c1ncn(CCc2ccc3c(n2)NCCC3)n1.COC(=O)c1ncn(CCc2ccc3cccnc3n2)n1.COC(=O)c1ncn(Cc2cc3cccnc3nc2C)n1.COC(=O)c1ncn[nH]1.Cl.Nc1ncccc1C=O.O=C(O)c1ncn(CCc2ccc3c(n2)NCCC3)n1.O=CO[O-].[Cs+].[Cs+].[H-].[Li+].[OH-]. The molecule has 0 bridgehead atoms. The molecule has 18 rings (SSSR count). The molecule has 4 aliphatic heterocycles. The van der Waals surface area contributed by atoms with E-state index in [9.17, 15) is 43.2 Å². The Balaban J connectivity index is 0.000000438. The van der Waals surface area contributed by atoms with E-state index in [2.05, 4.69) is 183 Å². The summed E-state index contributed by atoms with van der Waals surface area (Å²) in [7, 11) is 7.75. The second-order valence-corrected chi connectivity index (χ2v) is 31.5. The Labute approximate surface area is 1000 Å². The number of rotatable bonds is 28. The van der Waals surface area contributed by atoms with E-state index < -0.39 is 47.6 Å². The number of fused-ring (bicyclic) bond motifs is 4. The number of carboxylic acid groups (broad SMARTS) is 1. The van der Waals surface area contributed by atoms with Crippen LogP contribution in [-0.4, -0.2) is 309 Å². The minimum atomic E-state index is -1.11. The Bertz CT molecular complexity index is 6560. The monoisotopic (exact) mass is 2400 g/mol. The molecule has 0 aliphatic carbocycles. The number of Topliss-reactive ketones (excluding diaryl/α,β-unsaturated/α-hetero) is 1. The third-order valence-corrected chi connectivity index (χ3v) is 20.7. The van der Waals surface area contributed by atoms with Crippen molar-refractivity contribution >= 4 is 128 Å². The molecule has 0 aromatic carbocycles. The molecule has 14 aromatic rings. The zero-order valence-corrected chi connectivity index (χ0v) is 99.5. The van der Waals surface area contributed by atoms with E-state index in [1.54, 1.807) is 49.5 Å². The maximum absolute atomic E-state index is 11.3. The normalized spacial score (nSPS) is 12.4. The number of ketones is 1. The van der Waals surface area contributed by atoms with Crippen molar-refractivity contribution < 1.29 is 274 Å². The Kier molecular flexibility index (Phi) is 60.7. The van der Waals surface area contributed by atoms with Crippen molar-refractivity contribution in [3.63, 3.8) is 0 Å². The fourth-order valence-corrected chi connectivity index (χ4v) is 13.5. The van der Waals surface area contributed by atoms with E-state index in [-0.39, 0.29) is 241 Å². The largest absolute Gasteiger partial charge is 1.00 e. The van der Waals surface area contributed by atoms with E-state index in [1.165, 1.54) is 114 Å². The molecular weight excluding hydrogens is 2290 g/mol. The number of aromatic nitrogens is 28. The quantitative estimate of drug-likeness (QED) is 0.00599. The number of nitrogens with one attached hydrogen (secondary N) is 3. The van der Waals surface area contributed by atoms with Crippen LogP contribution in [0.3, 0.4) is 0 Å². The first-order valence-electron chi connectivity index (χ1n) is 44.4. The molecule has 7 N–H and O–H groups in total. The summed E-state index contributed by atoms with van der Waals surface area (Å²) >= 11 is 3.33. The molecule has 150 heavy (non-hydrogen) atoms. The number of ether oxygens (including phenoxy) is 10. The zero-order chi connectivity index (χ0) is 104. The number of anilines is 3. The van der Waals surface area contributed by atoms with Gasteiger partial charge in [-0.05, 0) is 137 Å². The maximum Gasteiger partial charge on any atom is 1.00 e. The Morgan fingerprint density at radius 1 is 0.507 bits per heavy atom. The molecule has 0 spiro atoms. The summed E-state index contributed by atoms with van der Waals surface area (Å²) in [6.45, 7) is 15.0. The van der Waals surface area contributed by atoms with Crippen molar-refractivity contribution in [3.8, 4) is 0 Å². The number of alkyl halides is 1. The van der Waals surface area contributed by atoms with Crippen molar-refractivity contribution in [3.05, 3.63) is 228 Å². The van der Waals surface area contributed by atoms with Gasteiger partial charge in [0.05, 0.1) is 81.2 Å². The molecule has 2 saturated heterocycles. The molecule has 0 radical (unpaired) electrons. The van der Waals surface area contributed by atoms with Crippen LogP contribution in [0.25, 0.3) is 22.1 Å². The van der Waals surface area contributed by atoms with Crippen molar-refractivity contribution in [2.75, 3.05) is 104 Å². The fourth-order valence-electron chi connectivity index (χ4n) is 12.8. The predicted octanol–water partition coefficient (Wildman–Crippen LogP) is -3.68. The standard InChI is InChI=1S/C14H13N5O2.C14H17N5O2.C14H13N5O2.C13H15N5O2.C10H15N3O4.C8H11N3O3.C6H11BrO2.C6H6N2O.C4H5N3O2.CH2O3.ClH.2Cs.Li.H2O.H/c1-9-11(6-10-4-3-5-15-12(10)17-9)7-19-8-16-13(18-19)14(20)21-2;2*1-21-14(20)13-16-9-19(18-13)8-6-11-5-4-10-3-2-7-15-12(10)17-11;19-13(20)12-15-8-18(17-12)7-5-10-4-3-9-2-1-6-14-11(9)16-10;1-10(16-5-6-17-10)3-4-13-7-11-8(12-13)9(14)15-2;1-6(12)3-4-11-5-9-7(10-11)8(13)14-2;1-6(2-3-7)8-4-5-9-6;7-6-5(4-9)2-1-3-8-6;1-9-4(8)3-5-2-6-7-3;2-1-4-3;;;;;;/h3-6,8H,7H2,1-2H3;4-5,9H,2-3,6-8H2,1H3,(H,15,17);2-5,7,9H,6,8H2,1H3;3-4,8H,1-2,5-7H2,(H,14,16)(H,19,20);7H,3-6H2,1-2H3;5H,3-4H2,1-2H3;2-5H2,1H3;1-4H,(H2,7,8);2H,1H3,(H,5,6,7);1,3H;1H;;;;1H2;/q;;;;;;;;;;;3*+1;;-1/p-2. The molecular formula is C90H110BrClCs2LiN31O24. The first-order valence-corrected chi connectivity index (χ1v) is 45.5. The number of methoxy groups -OCH3 is 6. The molecule has 0 saturated carbocycles. The average Bonchev–Trinajstić information content (AvgIpc) is 1.80. The summed E-state index contributed by atoms with van der Waals surface area (Å²) in [6, 6.07) is 25.2. The number of nitrogens with zero attached hydrogens (tertiary/aromatic N) is 27. The summed E-state index contributed by atoms with van der Waals surface area (Å²) < 4.78 is 57.9. The van der Waals surface area contributed by atoms with Crippen LogP contribution in [0.5, 0.6) is 0 Å². The van der Waals surface area contributed by atoms with E-state index in [4.69, 9.17) is 39.8 Å². The smallest absolute Gasteiger partial charge is 1.00 e. The topological polar surface area (TPSA) is 712 Å². The number of nitrogen functional groups attached to an aromatic ring is 1. The van der Waals surface area contributed by atoms with E-state index >= 15 is 0 Å². The van der Waals surface area contributed by atoms with Gasteiger partial charge < -0.3 is 85.9 Å². The number of hydrogen-bond acceptors (Lipinski definition) is 47. The summed E-state index contributed by atoms with van der Waals surface area (Å²) in [5.41, 5.74) is 14.5. The van der Waals surface area contributed by atoms with Gasteiger partial charge in [-0.15, -0.1) is 43.0 Å². The van der Waals surface area contributed by atoms with Gasteiger partial charge in [-0.25, -0.2) is 108 Å². The molecule has 2 fully saturated rings. The van der Waals surface area contributed by atoms with Crippen LogP contribution in [0, 0.1) is 6.92 Å². The summed E-state index contributed by atoms with van der Waals surface area (Å²) in [4.78, 5) is 166. The van der Waals surface area contributed by atoms with Gasteiger partial charge in [-0.2, -0.15) is 5.10 Å². The van der Waals surface area contributed by atoms with Crippen LogP contribution in [0.1, 0.15) is 178 Å². The molecule has 0 atom stereocenters. The summed E-state index contributed by atoms with van der Waals surface area (Å²) in [5, 5.41) is 56.4. The van der Waals surface area contributed by atoms with Gasteiger partial charge in [0, 0.05) is 142 Å². The van der Waals surface area contributed by atoms with Gasteiger partial charge in [-0.1, -0.05) is 28.1 Å². The van der Waals surface area contributed by atoms with E-state index in [0.717, 1.165) is 127 Å². The zero-order valence-electron chi connectivity index (χ0n) is 85.5. The van der Waals surface area contributed by atoms with Crippen LogP contribution < -0.4 is 178 Å². The van der Waals surface area contributed by atoms with Gasteiger partial charge in [0.1, 0.15) is 67.5 Å². The molecule has 55 nitrogen and oxygen atoms in total. The number of carboxylic acids is 1. The molecule has 0 amide bonds. The second kappa shape index (κ2) is 69.7. The Morgan fingerprint density at radius 2 is 0.893 bits per heavy atom. The van der Waals surface area contributed by atoms with Gasteiger partial charge in [0.2, 0.25) is 5.82 Å². The van der Waals surface area contributed by atoms with Gasteiger partial charge >= 0.3 is 198 Å². The summed E-state index contributed by atoms with van der Waals surface area (Å²) in [6.07, 6.45) is 24.3. The molecule has 0 unspecified atom stereocenters. The molecule has 60 heteroatoms. The second-order valence-electron chi connectivity index (χ2n) is 30.7. The number of aromatic amines is 1. The van der Waals surface area contributed by atoms with Crippen LogP contribution >= 0.6 is 28.3 Å². The number of aldehydes is 1. The number of hydrogen-bond donors (Lipinski definition) is 5. The van der Waals surface area contributed by atoms with E-state index in [1.807, 2.05) is 75.4 Å². The molecule has 786 valence electrons. The van der Waals surface area contributed by atoms with Gasteiger partial charge in [-0.3, -0.25) is 42.9 Å². The minimum Gasteiger partial charge on any atom is -1.00 e. The van der Waals surface area contributed by atoms with Crippen LogP contribution in [0.15, 0.2) is 142 Å². The number of carbonyl (C=O) groups is 10. The average molecular weight is 2400 g/mol. The van der Waals surface area contributed by atoms with Crippen molar-refractivity contribution in [1.29, 1.82) is 0 Å². The third-order valence-electron chi connectivity index (χ3n) is 20.3. The molecule has 18 heterocycles. The first kappa shape index (κ1) is 131. The Morgan fingerprint density at radius 3 is 1.29 bits per heavy atom. The van der Waals surface area contributed by atoms with Crippen molar-refractivity contribution in [2.45, 2.75) is 143 Å². The number of halogens is 2. The molecule has 4 aliphatic rings.